The van der Waals surface area contributed by atoms with Gasteiger partial charge in [-0.3, -0.25) is 0 Å². The Labute approximate surface area is 86.7 Å². The van der Waals surface area contributed by atoms with Crippen LogP contribution in [0.15, 0.2) is 30.3 Å². The highest BCUT2D eigenvalue weighted by atomic mass is 35.5. The fourth-order valence-corrected chi connectivity index (χ4v) is 1.39. The Morgan fingerprint density at radius 2 is 1.85 bits per heavy atom. The van der Waals surface area contributed by atoms with Crippen LogP contribution in [0, 0.1) is 0 Å². The largest absolute Gasteiger partial charge is 0.327 e. The van der Waals surface area contributed by atoms with Crippen molar-refractivity contribution in [3.8, 4) is 0 Å². The number of rotatable bonds is 4. The van der Waals surface area contributed by atoms with Crippen LogP contribution in [0.3, 0.4) is 0 Å². The maximum absolute atomic E-state index is 5.92. The Morgan fingerprint density at radius 3 is 2.38 bits per heavy atom. The normalized spacial score (nSPS) is 11.8. The molecule has 1 nitrogen and oxygen atoms in total. The average Bonchev–Trinajstić information content (AvgIpc) is 2.06. The van der Waals surface area contributed by atoms with Crippen molar-refractivity contribution >= 4 is 12.4 Å². The molecule has 0 aliphatic rings. The van der Waals surface area contributed by atoms with E-state index in [9.17, 15) is 0 Å². The van der Waals surface area contributed by atoms with Gasteiger partial charge in [0, 0.05) is 6.04 Å². The minimum absolute atomic E-state index is 0. The van der Waals surface area contributed by atoms with Crippen LogP contribution in [-0.2, 0) is 6.42 Å². The molecule has 2 heteroatoms. The van der Waals surface area contributed by atoms with Crippen LogP contribution in [0.1, 0.15) is 25.3 Å². The molecule has 1 aromatic rings. The van der Waals surface area contributed by atoms with Crippen molar-refractivity contribution in [1.29, 1.82) is 0 Å². The van der Waals surface area contributed by atoms with Crippen molar-refractivity contribution in [2.45, 2.75) is 32.2 Å². The Morgan fingerprint density at radius 1 is 1.23 bits per heavy atom. The molecular formula is C11H18ClN. The molecule has 1 rings (SSSR count). The topological polar surface area (TPSA) is 26.0 Å². The standard InChI is InChI=1S/C11H17N.ClH/c1-2-6-11(12)9-10-7-4-3-5-8-10;/h3-5,7-8,11H,2,6,9,12H2,1H3;1H. The Bertz CT molecular complexity index is 211. The van der Waals surface area contributed by atoms with Gasteiger partial charge in [-0.05, 0) is 18.4 Å². The zero-order valence-corrected chi connectivity index (χ0v) is 8.89. The van der Waals surface area contributed by atoms with E-state index in [1.807, 2.05) is 6.07 Å². The third-order valence-electron chi connectivity index (χ3n) is 2.00. The molecule has 0 aromatic heterocycles. The van der Waals surface area contributed by atoms with E-state index in [1.54, 1.807) is 0 Å². The fraction of sp³-hybridized carbons (Fsp3) is 0.455. The van der Waals surface area contributed by atoms with Crippen molar-refractivity contribution < 1.29 is 0 Å². The lowest BCUT2D eigenvalue weighted by atomic mass is 10.0. The number of hydrogen-bond acceptors (Lipinski definition) is 1. The summed E-state index contributed by atoms with van der Waals surface area (Å²) < 4.78 is 0. The maximum atomic E-state index is 5.92. The monoisotopic (exact) mass is 199 g/mol. The van der Waals surface area contributed by atoms with E-state index >= 15 is 0 Å². The van der Waals surface area contributed by atoms with Gasteiger partial charge >= 0.3 is 0 Å². The summed E-state index contributed by atoms with van der Waals surface area (Å²) in [6.07, 6.45) is 3.30. The number of benzene rings is 1. The fourth-order valence-electron chi connectivity index (χ4n) is 1.39. The van der Waals surface area contributed by atoms with E-state index in [2.05, 4.69) is 31.2 Å². The van der Waals surface area contributed by atoms with Gasteiger partial charge in [0.2, 0.25) is 0 Å². The Hall–Kier alpha value is -0.530. The summed E-state index contributed by atoms with van der Waals surface area (Å²) in [7, 11) is 0. The zero-order valence-electron chi connectivity index (χ0n) is 8.07. The summed E-state index contributed by atoms with van der Waals surface area (Å²) in [5.74, 6) is 0. The molecule has 13 heavy (non-hydrogen) atoms. The van der Waals surface area contributed by atoms with Crippen LogP contribution in [0.4, 0.5) is 0 Å². The van der Waals surface area contributed by atoms with E-state index in [0.717, 1.165) is 12.8 Å². The van der Waals surface area contributed by atoms with Gasteiger partial charge in [0.15, 0.2) is 0 Å². The highest BCUT2D eigenvalue weighted by Gasteiger charge is 2.00. The molecule has 0 bridgehead atoms. The highest BCUT2D eigenvalue weighted by Crippen LogP contribution is 2.04. The SMILES string of the molecule is CCCC(N)Cc1ccccc1.Cl. The van der Waals surface area contributed by atoms with Crippen molar-refractivity contribution in [3.63, 3.8) is 0 Å². The second-order valence-electron chi connectivity index (χ2n) is 3.24. The predicted octanol–water partition coefficient (Wildman–Crippen LogP) is 2.78. The van der Waals surface area contributed by atoms with Gasteiger partial charge in [0.25, 0.3) is 0 Å². The van der Waals surface area contributed by atoms with Crippen molar-refractivity contribution in [1.82, 2.24) is 0 Å². The summed E-state index contributed by atoms with van der Waals surface area (Å²) in [6, 6.07) is 10.8. The smallest absolute Gasteiger partial charge is 0.00792 e. The van der Waals surface area contributed by atoms with Crippen LogP contribution in [0.2, 0.25) is 0 Å². The molecule has 0 saturated heterocycles. The molecule has 74 valence electrons. The summed E-state index contributed by atoms with van der Waals surface area (Å²) in [6.45, 7) is 2.17. The molecule has 0 spiro atoms. The Kier molecular flexibility index (Phi) is 6.65. The zero-order chi connectivity index (χ0) is 8.81. The molecule has 0 radical (unpaired) electrons. The van der Waals surface area contributed by atoms with E-state index in [1.165, 1.54) is 12.0 Å². The van der Waals surface area contributed by atoms with E-state index in [4.69, 9.17) is 5.73 Å². The summed E-state index contributed by atoms with van der Waals surface area (Å²) in [4.78, 5) is 0. The molecule has 1 aromatic carbocycles. The molecule has 1 atom stereocenters. The Balaban J connectivity index is 0.00000144. The van der Waals surface area contributed by atoms with Crippen molar-refractivity contribution in [3.05, 3.63) is 35.9 Å². The summed E-state index contributed by atoms with van der Waals surface area (Å²) >= 11 is 0. The molecule has 1 unspecified atom stereocenters. The predicted molar refractivity (Wildman–Crippen MR) is 60.3 cm³/mol. The van der Waals surface area contributed by atoms with Crippen LogP contribution < -0.4 is 5.73 Å². The van der Waals surface area contributed by atoms with Crippen LogP contribution in [0.25, 0.3) is 0 Å². The molecule has 0 aliphatic carbocycles. The first kappa shape index (κ1) is 12.5. The average molecular weight is 200 g/mol. The molecule has 0 aliphatic heterocycles. The lowest BCUT2D eigenvalue weighted by Crippen LogP contribution is -2.22. The molecule has 0 fully saturated rings. The quantitative estimate of drug-likeness (QED) is 0.793. The second kappa shape index (κ2) is 6.93. The number of halogens is 1. The van der Waals surface area contributed by atoms with Gasteiger partial charge in [-0.1, -0.05) is 43.7 Å². The minimum Gasteiger partial charge on any atom is -0.327 e. The van der Waals surface area contributed by atoms with Gasteiger partial charge in [-0.25, -0.2) is 0 Å². The number of hydrogen-bond donors (Lipinski definition) is 1. The van der Waals surface area contributed by atoms with Gasteiger partial charge < -0.3 is 5.73 Å². The van der Waals surface area contributed by atoms with Crippen molar-refractivity contribution in [2.24, 2.45) is 5.73 Å². The molecule has 2 N–H and O–H groups in total. The van der Waals surface area contributed by atoms with Gasteiger partial charge in [-0.2, -0.15) is 0 Å². The summed E-state index contributed by atoms with van der Waals surface area (Å²) in [5.41, 5.74) is 7.26. The lowest BCUT2D eigenvalue weighted by molar-refractivity contribution is 0.600. The number of nitrogens with two attached hydrogens (primary N) is 1. The van der Waals surface area contributed by atoms with Gasteiger partial charge in [0.05, 0.1) is 0 Å². The van der Waals surface area contributed by atoms with Crippen molar-refractivity contribution in [2.75, 3.05) is 0 Å². The molecular weight excluding hydrogens is 182 g/mol. The first-order chi connectivity index (χ1) is 5.83. The molecule has 0 amide bonds. The minimum atomic E-state index is 0. The first-order valence-electron chi connectivity index (χ1n) is 4.62. The second-order valence-corrected chi connectivity index (χ2v) is 3.24. The van der Waals surface area contributed by atoms with Gasteiger partial charge in [0.1, 0.15) is 0 Å². The first-order valence-corrected chi connectivity index (χ1v) is 4.62. The highest BCUT2D eigenvalue weighted by molar-refractivity contribution is 5.85. The third-order valence-corrected chi connectivity index (χ3v) is 2.00. The lowest BCUT2D eigenvalue weighted by Gasteiger charge is -2.09. The van der Waals surface area contributed by atoms with Crippen LogP contribution in [0.5, 0.6) is 0 Å². The van der Waals surface area contributed by atoms with E-state index in [-0.39, 0.29) is 12.4 Å². The molecule has 0 heterocycles. The van der Waals surface area contributed by atoms with E-state index < -0.39 is 0 Å². The summed E-state index contributed by atoms with van der Waals surface area (Å²) in [5, 5.41) is 0. The third kappa shape index (κ3) is 4.91. The van der Waals surface area contributed by atoms with Crippen LogP contribution in [-0.4, -0.2) is 6.04 Å². The maximum Gasteiger partial charge on any atom is 0.00792 e. The molecule has 0 saturated carbocycles. The van der Waals surface area contributed by atoms with Gasteiger partial charge in [-0.15, -0.1) is 12.4 Å². The van der Waals surface area contributed by atoms with E-state index in [0.29, 0.717) is 6.04 Å². The van der Waals surface area contributed by atoms with Crippen LogP contribution >= 0.6 is 12.4 Å².